The summed E-state index contributed by atoms with van der Waals surface area (Å²) in [5.74, 6) is 0.729. The first-order valence-electron chi connectivity index (χ1n) is 6.20. The first-order chi connectivity index (χ1) is 9.15. The van der Waals surface area contributed by atoms with Crippen LogP contribution in [0.4, 0.5) is 5.69 Å². The maximum atomic E-state index is 11.8. The predicted octanol–water partition coefficient (Wildman–Crippen LogP) is 1.51. The molecular weight excluding hydrogens is 355 g/mol. The quantitative estimate of drug-likeness (QED) is 0.791. The molecule has 0 unspecified atom stereocenters. The Bertz CT molecular complexity index is 472. The minimum Gasteiger partial charge on any atom is -0.347 e. The van der Waals surface area contributed by atoms with Crippen LogP contribution in [0.25, 0.3) is 0 Å². The Hall–Kier alpha value is -1.31. The number of nitrogens with zero attached hydrogens (tertiary/aromatic N) is 2. The van der Waals surface area contributed by atoms with Crippen LogP contribution in [0.3, 0.4) is 0 Å². The lowest BCUT2D eigenvalue weighted by Gasteiger charge is -2.25. The normalized spacial score (nSPS) is 14.8. The summed E-state index contributed by atoms with van der Waals surface area (Å²) < 4.78 is 1.15. The van der Waals surface area contributed by atoms with Gasteiger partial charge in [0.25, 0.3) is 0 Å². The van der Waals surface area contributed by atoms with Crippen LogP contribution in [0.5, 0.6) is 0 Å². The highest BCUT2D eigenvalue weighted by Crippen LogP contribution is 2.10. The van der Waals surface area contributed by atoms with Gasteiger partial charge < -0.3 is 15.5 Å². The molecule has 0 spiro atoms. The second kappa shape index (κ2) is 6.74. The van der Waals surface area contributed by atoms with E-state index in [-0.39, 0.29) is 12.5 Å². The molecule has 0 aliphatic carbocycles. The lowest BCUT2D eigenvalue weighted by molar-refractivity contribution is -0.115. The third-order valence-corrected chi connectivity index (χ3v) is 3.53. The molecule has 5 nitrogen and oxygen atoms in total. The second-order valence-corrected chi connectivity index (χ2v) is 5.63. The third kappa shape index (κ3) is 4.38. The van der Waals surface area contributed by atoms with Crippen LogP contribution in [0.15, 0.2) is 29.3 Å². The number of hydrogen-bond donors (Lipinski definition) is 2. The molecule has 0 saturated heterocycles. The van der Waals surface area contributed by atoms with Gasteiger partial charge in [-0.3, -0.25) is 9.79 Å². The Morgan fingerprint density at radius 1 is 1.42 bits per heavy atom. The van der Waals surface area contributed by atoms with Crippen molar-refractivity contribution in [1.82, 2.24) is 10.2 Å². The van der Waals surface area contributed by atoms with Crippen LogP contribution in [-0.2, 0) is 4.79 Å². The zero-order valence-corrected chi connectivity index (χ0v) is 13.0. The van der Waals surface area contributed by atoms with Gasteiger partial charge in [0, 0.05) is 29.4 Å². The lowest BCUT2D eigenvalue weighted by atomic mass is 10.3. The number of rotatable bonds is 3. The molecule has 0 fully saturated rings. The molecule has 6 heteroatoms. The molecule has 0 atom stereocenters. The highest BCUT2D eigenvalue weighted by Gasteiger charge is 2.11. The molecule has 102 valence electrons. The van der Waals surface area contributed by atoms with E-state index in [4.69, 9.17) is 0 Å². The molecule has 0 radical (unpaired) electrons. The van der Waals surface area contributed by atoms with E-state index in [0.717, 1.165) is 34.7 Å². The predicted molar refractivity (Wildman–Crippen MR) is 85.3 cm³/mol. The Morgan fingerprint density at radius 3 is 2.84 bits per heavy atom. The number of carbonyl (C=O) groups excluding carboxylic acids is 1. The van der Waals surface area contributed by atoms with Gasteiger partial charge in [-0.2, -0.15) is 0 Å². The number of carbonyl (C=O) groups is 1. The SMILES string of the molecule is CN1CCCN=C1NCC(=O)Nc1ccc(I)cc1. The van der Waals surface area contributed by atoms with Gasteiger partial charge in [0.2, 0.25) is 5.91 Å². The van der Waals surface area contributed by atoms with Crippen molar-refractivity contribution in [3.63, 3.8) is 0 Å². The van der Waals surface area contributed by atoms with E-state index < -0.39 is 0 Å². The largest absolute Gasteiger partial charge is 0.347 e. The fourth-order valence-corrected chi connectivity index (χ4v) is 2.17. The smallest absolute Gasteiger partial charge is 0.243 e. The zero-order valence-electron chi connectivity index (χ0n) is 10.8. The second-order valence-electron chi connectivity index (χ2n) is 4.39. The van der Waals surface area contributed by atoms with Crippen molar-refractivity contribution in [2.45, 2.75) is 6.42 Å². The molecule has 1 aromatic carbocycles. The van der Waals surface area contributed by atoms with E-state index in [1.807, 2.05) is 36.2 Å². The number of anilines is 1. The Kier molecular flexibility index (Phi) is 5.00. The van der Waals surface area contributed by atoms with Crippen LogP contribution < -0.4 is 10.6 Å². The van der Waals surface area contributed by atoms with E-state index in [1.165, 1.54) is 0 Å². The summed E-state index contributed by atoms with van der Waals surface area (Å²) in [6.45, 7) is 2.03. The minimum atomic E-state index is -0.0668. The Morgan fingerprint density at radius 2 is 2.16 bits per heavy atom. The first kappa shape index (κ1) is 14.1. The summed E-state index contributed by atoms with van der Waals surface area (Å²) in [5.41, 5.74) is 0.811. The summed E-state index contributed by atoms with van der Waals surface area (Å²) in [5, 5.41) is 5.91. The van der Waals surface area contributed by atoms with E-state index in [2.05, 4.69) is 38.2 Å². The van der Waals surface area contributed by atoms with Crippen molar-refractivity contribution < 1.29 is 4.79 Å². The van der Waals surface area contributed by atoms with Gasteiger partial charge in [0.1, 0.15) is 0 Å². The molecule has 1 aliphatic rings. The molecular formula is C13H17IN4O. The maximum Gasteiger partial charge on any atom is 0.243 e. The number of benzene rings is 1. The summed E-state index contributed by atoms with van der Waals surface area (Å²) in [6, 6.07) is 7.71. The molecule has 1 aliphatic heterocycles. The van der Waals surface area contributed by atoms with Gasteiger partial charge in [-0.15, -0.1) is 0 Å². The average Bonchev–Trinajstić information content (AvgIpc) is 2.40. The molecule has 0 bridgehead atoms. The fraction of sp³-hybridized carbons (Fsp3) is 0.385. The Labute approximate surface area is 126 Å². The van der Waals surface area contributed by atoms with Crippen molar-refractivity contribution >= 4 is 40.1 Å². The van der Waals surface area contributed by atoms with E-state index in [1.54, 1.807) is 0 Å². The van der Waals surface area contributed by atoms with Crippen LogP contribution in [-0.4, -0.2) is 43.4 Å². The summed E-state index contributed by atoms with van der Waals surface area (Å²) >= 11 is 2.23. The summed E-state index contributed by atoms with van der Waals surface area (Å²) in [7, 11) is 1.97. The molecule has 2 N–H and O–H groups in total. The molecule has 19 heavy (non-hydrogen) atoms. The highest BCUT2D eigenvalue weighted by molar-refractivity contribution is 14.1. The average molecular weight is 372 g/mol. The van der Waals surface area contributed by atoms with Gasteiger partial charge >= 0.3 is 0 Å². The van der Waals surface area contributed by atoms with Crippen molar-refractivity contribution in [3.05, 3.63) is 27.8 Å². The van der Waals surface area contributed by atoms with Gasteiger partial charge in [-0.05, 0) is 53.3 Å². The monoisotopic (exact) mass is 372 g/mol. The summed E-state index contributed by atoms with van der Waals surface area (Å²) in [6.07, 6.45) is 1.07. The lowest BCUT2D eigenvalue weighted by Crippen LogP contribution is -2.44. The molecule has 1 heterocycles. The van der Waals surface area contributed by atoms with Crippen molar-refractivity contribution in [3.8, 4) is 0 Å². The van der Waals surface area contributed by atoms with Crippen LogP contribution in [0, 0.1) is 3.57 Å². The standard InChI is InChI=1S/C13H17IN4O/c1-18-8-2-7-15-13(18)16-9-12(19)17-11-5-3-10(14)4-6-11/h3-6H,2,7-9H2,1H3,(H,15,16)(H,17,19). The van der Waals surface area contributed by atoms with Crippen LogP contribution in [0.1, 0.15) is 6.42 Å². The fourth-order valence-electron chi connectivity index (χ4n) is 1.81. The third-order valence-electron chi connectivity index (χ3n) is 2.81. The van der Waals surface area contributed by atoms with Crippen molar-refractivity contribution in [2.75, 3.05) is 32.0 Å². The topological polar surface area (TPSA) is 56.7 Å². The Balaban J connectivity index is 1.81. The van der Waals surface area contributed by atoms with E-state index in [0.29, 0.717) is 0 Å². The highest BCUT2D eigenvalue weighted by atomic mass is 127. The van der Waals surface area contributed by atoms with Gasteiger partial charge in [0.05, 0.1) is 6.54 Å². The zero-order chi connectivity index (χ0) is 13.7. The van der Waals surface area contributed by atoms with E-state index >= 15 is 0 Å². The number of nitrogens with one attached hydrogen (secondary N) is 2. The molecule has 0 aromatic heterocycles. The van der Waals surface area contributed by atoms with Crippen molar-refractivity contribution in [2.24, 2.45) is 4.99 Å². The summed E-state index contributed by atoms with van der Waals surface area (Å²) in [4.78, 5) is 18.2. The van der Waals surface area contributed by atoms with Crippen LogP contribution >= 0.6 is 22.6 Å². The minimum absolute atomic E-state index is 0.0668. The van der Waals surface area contributed by atoms with E-state index in [9.17, 15) is 4.79 Å². The maximum absolute atomic E-state index is 11.8. The molecule has 2 rings (SSSR count). The molecule has 1 amide bonds. The first-order valence-corrected chi connectivity index (χ1v) is 7.28. The van der Waals surface area contributed by atoms with Crippen LogP contribution in [0.2, 0.25) is 0 Å². The number of hydrogen-bond acceptors (Lipinski definition) is 4. The van der Waals surface area contributed by atoms with Gasteiger partial charge in [-0.25, -0.2) is 0 Å². The molecule has 0 saturated carbocycles. The number of guanidine groups is 1. The van der Waals surface area contributed by atoms with Crippen molar-refractivity contribution in [1.29, 1.82) is 0 Å². The van der Waals surface area contributed by atoms with Gasteiger partial charge in [0.15, 0.2) is 5.96 Å². The van der Waals surface area contributed by atoms with Gasteiger partial charge in [-0.1, -0.05) is 0 Å². The number of amides is 1. The molecule has 1 aromatic rings. The number of halogens is 1. The number of aliphatic imine (C=N–C) groups is 1.